The first-order valence-electron chi connectivity index (χ1n) is 7.20. The van der Waals surface area contributed by atoms with Crippen LogP contribution in [0.3, 0.4) is 0 Å². The molecule has 1 fully saturated rings. The summed E-state index contributed by atoms with van der Waals surface area (Å²) in [4.78, 5) is 0. The molecular formula is C15H29IO. The van der Waals surface area contributed by atoms with E-state index in [1.54, 1.807) is 0 Å². The Kier molecular flexibility index (Phi) is 6.24. The Morgan fingerprint density at radius 2 is 1.82 bits per heavy atom. The van der Waals surface area contributed by atoms with Crippen LogP contribution in [0.15, 0.2) is 0 Å². The van der Waals surface area contributed by atoms with Crippen molar-refractivity contribution in [3.8, 4) is 0 Å². The Hall–Kier alpha value is 0.690. The molecule has 0 amide bonds. The van der Waals surface area contributed by atoms with Gasteiger partial charge in [-0.2, -0.15) is 0 Å². The second-order valence-electron chi connectivity index (χ2n) is 6.54. The highest BCUT2D eigenvalue weighted by Gasteiger charge is 2.48. The molecule has 17 heavy (non-hydrogen) atoms. The van der Waals surface area contributed by atoms with Gasteiger partial charge in [0.1, 0.15) is 23.0 Å². The second-order valence-corrected chi connectivity index (χ2v) is 7.17. The molecular weight excluding hydrogens is 323 g/mol. The van der Waals surface area contributed by atoms with Crippen molar-refractivity contribution in [1.82, 2.24) is 0 Å². The first kappa shape index (κ1) is 15.7. The van der Waals surface area contributed by atoms with Gasteiger partial charge in [-0.15, -0.1) is 0 Å². The van der Waals surface area contributed by atoms with Gasteiger partial charge in [0.15, 0.2) is 0 Å². The average Bonchev–Trinajstić information content (AvgIpc) is 2.56. The zero-order valence-electron chi connectivity index (χ0n) is 12.1. The summed E-state index contributed by atoms with van der Waals surface area (Å²) in [5.74, 6) is 3.28. The van der Waals surface area contributed by atoms with E-state index in [0.717, 1.165) is 24.4 Å². The van der Waals surface area contributed by atoms with Crippen molar-refractivity contribution in [2.45, 2.75) is 60.3 Å². The maximum absolute atomic E-state index is 5.35. The molecule has 0 spiro atoms. The minimum atomic E-state index is 0.539. The molecule has 0 aromatic carbocycles. The van der Waals surface area contributed by atoms with E-state index in [1.165, 1.54) is 25.7 Å². The third-order valence-corrected chi connectivity index (χ3v) is 5.45. The van der Waals surface area contributed by atoms with Gasteiger partial charge < -0.3 is 3.07 Å². The van der Waals surface area contributed by atoms with Crippen LogP contribution < -0.4 is 0 Å². The molecule has 0 radical (unpaired) electrons. The van der Waals surface area contributed by atoms with Gasteiger partial charge in [0, 0.05) is 0 Å². The van der Waals surface area contributed by atoms with E-state index in [0.29, 0.717) is 11.3 Å². The molecule has 4 unspecified atom stereocenters. The van der Waals surface area contributed by atoms with Gasteiger partial charge in [0.05, 0.1) is 6.61 Å². The minimum Gasteiger partial charge on any atom is -0.316 e. The van der Waals surface area contributed by atoms with Crippen molar-refractivity contribution in [3.63, 3.8) is 0 Å². The Morgan fingerprint density at radius 1 is 1.24 bits per heavy atom. The van der Waals surface area contributed by atoms with Crippen molar-refractivity contribution in [2.75, 3.05) is 6.61 Å². The number of hydrogen-bond acceptors (Lipinski definition) is 1. The lowest BCUT2D eigenvalue weighted by atomic mass is 9.64. The Labute approximate surface area is 122 Å². The molecule has 1 rings (SSSR count). The lowest BCUT2D eigenvalue weighted by Gasteiger charge is -2.41. The van der Waals surface area contributed by atoms with Crippen LogP contribution in [0.2, 0.25) is 0 Å². The van der Waals surface area contributed by atoms with E-state index in [1.807, 2.05) is 23.0 Å². The molecule has 0 aromatic heterocycles. The van der Waals surface area contributed by atoms with Crippen molar-refractivity contribution >= 4 is 23.0 Å². The summed E-state index contributed by atoms with van der Waals surface area (Å²) < 4.78 is 5.35. The Morgan fingerprint density at radius 3 is 2.29 bits per heavy atom. The van der Waals surface area contributed by atoms with E-state index < -0.39 is 0 Å². The van der Waals surface area contributed by atoms with Crippen LogP contribution in [0.25, 0.3) is 0 Å². The van der Waals surface area contributed by atoms with Crippen LogP contribution >= 0.6 is 23.0 Å². The molecule has 0 aromatic rings. The molecule has 1 aliphatic rings. The second kappa shape index (κ2) is 6.74. The molecule has 1 saturated carbocycles. The SMILES string of the molecule is CCCC1(C)C(C(C)C)CCC1C(C)COI. The van der Waals surface area contributed by atoms with Crippen LogP contribution in [-0.2, 0) is 3.07 Å². The maximum atomic E-state index is 5.35. The molecule has 1 nitrogen and oxygen atoms in total. The van der Waals surface area contributed by atoms with E-state index in [2.05, 4.69) is 34.6 Å². The predicted molar refractivity (Wildman–Crippen MR) is 83.2 cm³/mol. The van der Waals surface area contributed by atoms with E-state index in [4.69, 9.17) is 3.07 Å². The predicted octanol–water partition coefficient (Wildman–Crippen LogP) is 5.48. The topological polar surface area (TPSA) is 9.23 Å². The van der Waals surface area contributed by atoms with Crippen LogP contribution in [0.4, 0.5) is 0 Å². The fourth-order valence-electron chi connectivity index (χ4n) is 4.45. The Bertz CT molecular complexity index is 229. The summed E-state index contributed by atoms with van der Waals surface area (Å²) in [6.07, 6.45) is 5.52. The quantitative estimate of drug-likeness (QED) is 0.576. The summed E-state index contributed by atoms with van der Waals surface area (Å²) in [5.41, 5.74) is 0.539. The summed E-state index contributed by atoms with van der Waals surface area (Å²) in [7, 11) is 0. The molecule has 102 valence electrons. The third-order valence-electron chi connectivity index (χ3n) is 5.09. The molecule has 0 saturated heterocycles. The van der Waals surface area contributed by atoms with E-state index in [9.17, 15) is 0 Å². The maximum Gasteiger partial charge on any atom is 0.109 e. The zero-order valence-corrected chi connectivity index (χ0v) is 14.3. The van der Waals surface area contributed by atoms with Crippen LogP contribution in [-0.4, -0.2) is 6.61 Å². The van der Waals surface area contributed by atoms with Crippen molar-refractivity contribution in [1.29, 1.82) is 0 Å². The van der Waals surface area contributed by atoms with E-state index >= 15 is 0 Å². The van der Waals surface area contributed by atoms with E-state index in [-0.39, 0.29) is 0 Å². The van der Waals surface area contributed by atoms with Gasteiger partial charge in [-0.3, -0.25) is 0 Å². The van der Waals surface area contributed by atoms with Crippen molar-refractivity contribution in [2.24, 2.45) is 29.1 Å². The monoisotopic (exact) mass is 352 g/mol. The number of halogens is 1. The Balaban J connectivity index is 2.84. The summed E-state index contributed by atoms with van der Waals surface area (Å²) in [6.45, 7) is 13.0. The lowest BCUT2D eigenvalue weighted by molar-refractivity contribution is 0.0648. The third kappa shape index (κ3) is 3.37. The lowest BCUT2D eigenvalue weighted by Crippen LogP contribution is -2.35. The normalized spacial score (nSPS) is 35.5. The fourth-order valence-corrected chi connectivity index (χ4v) is 5.02. The van der Waals surface area contributed by atoms with Crippen LogP contribution in [0.1, 0.15) is 60.3 Å². The van der Waals surface area contributed by atoms with Crippen molar-refractivity contribution < 1.29 is 3.07 Å². The standard InChI is InChI=1S/C15H29IO/c1-6-9-15(5)13(11(2)3)7-8-14(15)12(4)10-17-16/h11-14H,6-10H2,1-5H3. The van der Waals surface area contributed by atoms with Gasteiger partial charge in [0.25, 0.3) is 0 Å². The van der Waals surface area contributed by atoms with Gasteiger partial charge >= 0.3 is 0 Å². The van der Waals surface area contributed by atoms with Crippen molar-refractivity contribution in [3.05, 3.63) is 0 Å². The summed E-state index contributed by atoms with van der Waals surface area (Å²) in [5, 5.41) is 0. The highest BCUT2D eigenvalue weighted by atomic mass is 127. The molecule has 4 atom stereocenters. The first-order valence-corrected chi connectivity index (χ1v) is 8.09. The van der Waals surface area contributed by atoms with Crippen LogP contribution in [0.5, 0.6) is 0 Å². The first-order chi connectivity index (χ1) is 7.97. The molecule has 2 heteroatoms. The molecule has 0 bridgehead atoms. The van der Waals surface area contributed by atoms with Gasteiger partial charge in [0.2, 0.25) is 0 Å². The molecule has 0 N–H and O–H groups in total. The molecule has 0 heterocycles. The summed E-state index contributed by atoms with van der Waals surface area (Å²) in [6, 6.07) is 0. The minimum absolute atomic E-state index is 0.539. The molecule has 0 aliphatic heterocycles. The fraction of sp³-hybridized carbons (Fsp3) is 1.00. The smallest absolute Gasteiger partial charge is 0.109 e. The van der Waals surface area contributed by atoms with Gasteiger partial charge in [-0.05, 0) is 48.3 Å². The molecule has 1 aliphatic carbocycles. The van der Waals surface area contributed by atoms with Crippen LogP contribution in [0, 0.1) is 29.1 Å². The summed E-state index contributed by atoms with van der Waals surface area (Å²) >= 11 is 2.04. The zero-order chi connectivity index (χ0) is 13.1. The number of rotatable bonds is 6. The average molecular weight is 352 g/mol. The highest BCUT2D eigenvalue weighted by molar-refractivity contribution is 14.1. The van der Waals surface area contributed by atoms with Gasteiger partial charge in [-0.25, -0.2) is 0 Å². The van der Waals surface area contributed by atoms with Gasteiger partial charge in [-0.1, -0.05) is 41.0 Å². The number of hydrogen-bond donors (Lipinski definition) is 0. The highest BCUT2D eigenvalue weighted by Crippen LogP contribution is 2.56. The largest absolute Gasteiger partial charge is 0.316 e.